The number of hydrogen-bond acceptors (Lipinski definition) is 0. The van der Waals surface area contributed by atoms with Crippen molar-refractivity contribution in [3.05, 3.63) is 58.7 Å². The van der Waals surface area contributed by atoms with Crippen molar-refractivity contribution in [3.63, 3.8) is 0 Å². The monoisotopic (exact) mass is 322 g/mol. The minimum atomic E-state index is 1.17. The second kappa shape index (κ2) is 9.67. The molecule has 0 unspecified atom stereocenters. The van der Waals surface area contributed by atoms with Gasteiger partial charge in [-0.15, -0.1) is 0 Å². The predicted octanol–water partition coefficient (Wildman–Crippen LogP) is 7.16. The first-order valence-corrected chi connectivity index (χ1v) is 9.96. The van der Waals surface area contributed by atoms with Crippen molar-refractivity contribution in [3.8, 4) is 11.1 Å². The summed E-state index contributed by atoms with van der Waals surface area (Å²) in [7, 11) is 0. The van der Waals surface area contributed by atoms with Gasteiger partial charge in [-0.25, -0.2) is 0 Å². The predicted molar refractivity (Wildman–Crippen MR) is 108 cm³/mol. The summed E-state index contributed by atoms with van der Waals surface area (Å²) < 4.78 is 0. The van der Waals surface area contributed by atoms with E-state index in [0.717, 1.165) is 0 Å². The highest BCUT2D eigenvalue weighted by Crippen LogP contribution is 2.29. The highest BCUT2D eigenvalue weighted by molar-refractivity contribution is 5.69. The Hall–Kier alpha value is -1.56. The Bertz CT molecular complexity index is 612. The molecule has 0 aliphatic carbocycles. The van der Waals surface area contributed by atoms with E-state index in [-0.39, 0.29) is 0 Å². The van der Waals surface area contributed by atoms with Crippen LogP contribution in [0.3, 0.4) is 0 Å². The van der Waals surface area contributed by atoms with Crippen LogP contribution in [0.5, 0.6) is 0 Å². The normalized spacial score (nSPS) is 11.0. The molecule has 2 rings (SSSR count). The highest BCUT2D eigenvalue weighted by atomic mass is 14.1. The molecule has 0 aliphatic rings. The van der Waals surface area contributed by atoms with E-state index in [1.807, 2.05) is 0 Å². The van der Waals surface area contributed by atoms with Crippen molar-refractivity contribution in [1.29, 1.82) is 0 Å². The van der Waals surface area contributed by atoms with E-state index in [2.05, 4.69) is 64.1 Å². The number of benzene rings is 2. The lowest BCUT2D eigenvalue weighted by Crippen LogP contribution is -1.96. The second-order valence-electron chi connectivity index (χ2n) is 7.03. The van der Waals surface area contributed by atoms with Crippen molar-refractivity contribution >= 4 is 0 Å². The van der Waals surface area contributed by atoms with Crippen LogP contribution in [0, 0.1) is 0 Å². The van der Waals surface area contributed by atoms with Gasteiger partial charge in [-0.2, -0.15) is 0 Å². The third kappa shape index (κ3) is 4.97. The molecule has 0 saturated carbocycles. The Morgan fingerprint density at radius 3 is 1.62 bits per heavy atom. The molecule has 0 saturated heterocycles. The van der Waals surface area contributed by atoms with Gasteiger partial charge < -0.3 is 0 Å². The lowest BCUT2D eigenvalue weighted by molar-refractivity contribution is 0.891. The minimum Gasteiger partial charge on any atom is -0.0651 e. The molecule has 24 heavy (non-hydrogen) atoms. The maximum Gasteiger partial charge on any atom is -0.0152 e. The summed E-state index contributed by atoms with van der Waals surface area (Å²) >= 11 is 0. The average Bonchev–Trinajstić information content (AvgIpc) is 2.56. The number of rotatable bonds is 9. The maximum atomic E-state index is 2.45. The minimum absolute atomic E-state index is 1.17. The molecule has 2 aromatic rings. The number of hydrogen-bond donors (Lipinski definition) is 0. The summed E-state index contributed by atoms with van der Waals surface area (Å²) in [6.45, 7) is 9.09. The van der Waals surface area contributed by atoms with Crippen LogP contribution in [0.1, 0.15) is 75.6 Å². The molecule has 0 amide bonds. The Morgan fingerprint density at radius 1 is 0.542 bits per heavy atom. The van der Waals surface area contributed by atoms with Crippen LogP contribution < -0.4 is 0 Å². The van der Waals surface area contributed by atoms with Crippen LogP contribution in [0.15, 0.2) is 36.4 Å². The fraction of sp³-hybridized carbons (Fsp3) is 0.500. The van der Waals surface area contributed by atoms with Gasteiger partial charge in [-0.05, 0) is 59.1 Å². The molecule has 0 atom stereocenters. The van der Waals surface area contributed by atoms with Crippen molar-refractivity contribution in [2.75, 3.05) is 0 Å². The molecule has 0 fully saturated rings. The van der Waals surface area contributed by atoms with Crippen LogP contribution in [-0.2, 0) is 25.7 Å². The van der Waals surface area contributed by atoms with Gasteiger partial charge in [0.2, 0.25) is 0 Å². The number of aryl methyl sites for hydroxylation is 4. The molecule has 0 spiro atoms. The quantitative estimate of drug-likeness (QED) is 0.459. The third-order valence-electron chi connectivity index (χ3n) is 4.67. The van der Waals surface area contributed by atoms with Crippen molar-refractivity contribution in [2.45, 2.75) is 79.1 Å². The average molecular weight is 323 g/mol. The van der Waals surface area contributed by atoms with E-state index in [1.165, 1.54) is 84.7 Å². The van der Waals surface area contributed by atoms with Crippen molar-refractivity contribution < 1.29 is 0 Å². The fourth-order valence-corrected chi connectivity index (χ4v) is 3.63. The van der Waals surface area contributed by atoms with Crippen molar-refractivity contribution in [1.82, 2.24) is 0 Å². The third-order valence-corrected chi connectivity index (χ3v) is 4.67. The molecule has 130 valence electrons. The topological polar surface area (TPSA) is 0 Å². The van der Waals surface area contributed by atoms with Crippen LogP contribution in [-0.4, -0.2) is 0 Å². The van der Waals surface area contributed by atoms with Crippen LogP contribution in [0.4, 0.5) is 0 Å². The fourth-order valence-electron chi connectivity index (χ4n) is 3.63. The zero-order valence-corrected chi connectivity index (χ0v) is 16.1. The summed E-state index contributed by atoms with van der Waals surface area (Å²) in [5.41, 5.74) is 8.89. The molecule has 0 aliphatic heterocycles. The maximum absolute atomic E-state index is 2.45. The summed E-state index contributed by atoms with van der Waals surface area (Å²) in [5, 5.41) is 0. The summed E-state index contributed by atoms with van der Waals surface area (Å²) in [6, 6.07) is 14.4. The first-order valence-electron chi connectivity index (χ1n) is 9.96. The van der Waals surface area contributed by atoms with Gasteiger partial charge in [-0.1, -0.05) is 89.8 Å². The molecule has 2 aromatic carbocycles. The Balaban J connectivity index is 2.48. The molecule has 0 radical (unpaired) electrons. The lowest BCUT2D eigenvalue weighted by atomic mass is 9.90. The molecule has 0 heteroatoms. The van der Waals surface area contributed by atoms with Gasteiger partial charge in [0.15, 0.2) is 0 Å². The Kier molecular flexibility index (Phi) is 7.56. The molecule has 0 nitrogen and oxygen atoms in total. The largest absolute Gasteiger partial charge is 0.0651 e. The molecular weight excluding hydrogens is 288 g/mol. The van der Waals surface area contributed by atoms with Gasteiger partial charge >= 0.3 is 0 Å². The highest BCUT2D eigenvalue weighted by Gasteiger charge is 2.09. The van der Waals surface area contributed by atoms with Crippen LogP contribution in [0.2, 0.25) is 0 Å². The van der Waals surface area contributed by atoms with Gasteiger partial charge in [0.1, 0.15) is 0 Å². The Morgan fingerprint density at radius 2 is 1.08 bits per heavy atom. The molecule has 0 N–H and O–H groups in total. The van der Waals surface area contributed by atoms with E-state index in [1.54, 1.807) is 0 Å². The first-order chi connectivity index (χ1) is 11.7. The summed E-state index contributed by atoms with van der Waals surface area (Å²) in [5.74, 6) is 0. The van der Waals surface area contributed by atoms with Gasteiger partial charge in [-0.3, -0.25) is 0 Å². The second-order valence-corrected chi connectivity index (χ2v) is 7.03. The first kappa shape index (κ1) is 18.8. The van der Waals surface area contributed by atoms with Gasteiger partial charge in [0, 0.05) is 0 Å². The Labute approximate surface area is 149 Å². The van der Waals surface area contributed by atoms with Crippen LogP contribution >= 0.6 is 0 Å². The summed E-state index contributed by atoms with van der Waals surface area (Å²) in [6.07, 6.45) is 9.58. The van der Waals surface area contributed by atoms with Crippen molar-refractivity contribution in [2.24, 2.45) is 0 Å². The molecule has 0 aromatic heterocycles. The van der Waals surface area contributed by atoms with E-state index in [0.29, 0.717) is 0 Å². The lowest BCUT2D eigenvalue weighted by Gasteiger charge is -2.14. The van der Waals surface area contributed by atoms with E-state index >= 15 is 0 Å². The zero-order valence-electron chi connectivity index (χ0n) is 16.1. The van der Waals surface area contributed by atoms with E-state index in [9.17, 15) is 0 Å². The SMILES string of the molecule is CCCc1cc(CCC)cc(-c2ccc(CCC)cc2CCC)c1. The summed E-state index contributed by atoms with van der Waals surface area (Å²) in [4.78, 5) is 0. The van der Waals surface area contributed by atoms with E-state index < -0.39 is 0 Å². The van der Waals surface area contributed by atoms with Gasteiger partial charge in [0.05, 0.1) is 0 Å². The van der Waals surface area contributed by atoms with Crippen LogP contribution in [0.25, 0.3) is 11.1 Å². The van der Waals surface area contributed by atoms with Gasteiger partial charge in [0.25, 0.3) is 0 Å². The standard InChI is InChI=1S/C24H34/c1-5-9-19-13-14-24(22(16-19)12-8-4)23-17-20(10-6-2)15-21(18-23)11-7-3/h13-18H,5-12H2,1-4H3. The van der Waals surface area contributed by atoms with E-state index in [4.69, 9.17) is 0 Å². The molecule has 0 heterocycles. The molecule has 0 bridgehead atoms. The smallest absolute Gasteiger partial charge is 0.0152 e. The molecular formula is C24H34. The zero-order chi connectivity index (χ0) is 17.4.